The van der Waals surface area contributed by atoms with Gasteiger partial charge in [-0.2, -0.15) is 13.2 Å². The van der Waals surface area contributed by atoms with E-state index in [0.717, 1.165) is 12.1 Å². The topological polar surface area (TPSA) is 47.3 Å². The second-order valence-electron chi connectivity index (χ2n) is 3.98. The van der Waals surface area contributed by atoms with Gasteiger partial charge in [0.25, 0.3) is 0 Å². The number of ether oxygens (including phenoxy) is 1. The number of hydrogen-bond donors (Lipinski definition) is 2. The molecule has 0 heterocycles. The fourth-order valence-corrected chi connectivity index (χ4v) is 1.50. The van der Waals surface area contributed by atoms with Crippen LogP contribution >= 0.6 is 0 Å². The molecule has 19 heavy (non-hydrogen) atoms. The molecule has 0 saturated carbocycles. The minimum absolute atomic E-state index is 0.0447. The van der Waals surface area contributed by atoms with Crippen molar-refractivity contribution in [2.24, 2.45) is 5.84 Å². The van der Waals surface area contributed by atoms with Gasteiger partial charge in [-0.25, -0.2) is 8.78 Å². The Labute approximate surface area is 106 Å². The number of rotatable bonds is 6. The van der Waals surface area contributed by atoms with Gasteiger partial charge in [-0.05, 0) is 24.1 Å². The standard InChI is InChI=1S/C11H13F5N2O/c12-8-1-7(2-9(13)4-8)3-10(18-17)5-19-6-11(14,15)16/h1-2,4,10,18H,3,5-6,17H2. The summed E-state index contributed by atoms with van der Waals surface area (Å²) in [6.45, 7) is -1.73. The molecule has 0 saturated heterocycles. The molecule has 3 N–H and O–H groups in total. The van der Waals surface area contributed by atoms with Crippen LogP contribution in [-0.4, -0.2) is 25.4 Å². The maximum Gasteiger partial charge on any atom is 0.411 e. The Hall–Kier alpha value is -1.25. The zero-order chi connectivity index (χ0) is 14.5. The van der Waals surface area contributed by atoms with E-state index in [4.69, 9.17) is 5.84 Å². The molecule has 3 nitrogen and oxygen atoms in total. The van der Waals surface area contributed by atoms with Gasteiger partial charge in [0.2, 0.25) is 0 Å². The summed E-state index contributed by atoms with van der Waals surface area (Å²) >= 11 is 0. The Balaban J connectivity index is 2.52. The van der Waals surface area contributed by atoms with Crippen LogP contribution in [0.25, 0.3) is 0 Å². The molecular weight excluding hydrogens is 271 g/mol. The lowest BCUT2D eigenvalue weighted by Gasteiger charge is -2.17. The predicted molar refractivity (Wildman–Crippen MR) is 58.0 cm³/mol. The van der Waals surface area contributed by atoms with Crippen molar-refractivity contribution in [1.29, 1.82) is 0 Å². The molecule has 0 spiro atoms. The molecule has 1 unspecified atom stereocenters. The lowest BCUT2D eigenvalue weighted by Crippen LogP contribution is -2.41. The maximum absolute atomic E-state index is 12.9. The number of alkyl halides is 3. The highest BCUT2D eigenvalue weighted by Gasteiger charge is 2.27. The first kappa shape index (κ1) is 15.8. The second kappa shape index (κ2) is 6.78. The van der Waals surface area contributed by atoms with Gasteiger partial charge < -0.3 is 4.74 Å². The number of nitrogens with one attached hydrogen (secondary N) is 1. The van der Waals surface area contributed by atoms with E-state index in [1.807, 2.05) is 0 Å². The van der Waals surface area contributed by atoms with E-state index in [1.54, 1.807) is 0 Å². The van der Waals surface area contributed by atoms with Crippen LogP contribution in [-0.2, 0) is 11.2 Å². The van der Waals surface area contributed by atoms with E-state index in [0.29, 0.717) is 6.07 Å². The van der Waals surface area contributed by atoms with Crippen molar-refractivity contribution in [3.63, 3.8) is 0 Å². The van der Waals surface area contributed by atoms with Gasteiger partial charge in [-0.15, -0.1) is 0 Å². The molecule has 108 valence electrons. The van der Waals surface area contributed by atoms with Crippen molar-refractivity contribution in [3.8, 4) is 0 Å². The molecule has 1 rings (SSSR count). The summed E-state index contributed by atoms with van der Waals surface area (Å²) in [7, 11) is 0. The van der Waals surface area contributed by atoms with Gasteiger partial charge >= 0.3 is 6.18 Å². The lowest BCUT2D eigenvalue weighted by molar-refractivity contribution is -0.175. The van der Waals surface area contributed by atoms with Crippen molar-refractivity contribution in [3.05, 3.63) is 35.4 Å². The maximum atomic E-state index is 12.9. The Morgan fingerprint density at radius 2 is 1.74 bits per heavy atom. The third-order valence-corrected chi connectivity index (χ3v) is 2.22. The number of nitrogens with two attached hydrogens (primary N) is 1. The lowest BCUT2D eigenvalue weighted by atomic mass is 10.1. The van der Waals surface area contributed by atoms with Crippen LogP contribution < -0.4 is 11.3 Å². The van der Waals surface area contributed by atoms with Crippen LogP contribution in [0.15, 0.2) is 18.2 Å². The van der Waals surface area contributed by atoms with E-state index in [2.05, 4.69) is 10.2 Å². The van der Waals surface area contributed by atoms with Crippen molar-refractivity contribution >= 4 is 0 Å². The Morgan fingerprint density at radius 3 is 2.21 bits per heavy atom. The van der Waals surface area contributed by atoms with Crippen LogP contribution in [0, 0.1) is 11.6 Å². The van der Waals surface area contributed by atoms with Gasteiger partial charge in [0.05, 0.1) is 6.61 Å². The minimum Gasteiger partial charge on any atom is -0.370 e. The summed E-state index contributed by atoms with van der Waals surface area (Å²) in [5.41, 5.74) is 2.51. The van der Waals surface area contributed by atoms with Crippen LogP contribution in [0.5, 0.6) is 0 Å². The highest BCUT2D eigenvalue weighted by molar-refractivity contribution is 5.18. The van der Waals surface area contributed by atoms with Gasteiger partial charge in [0.1, 0.15) is 18.2 Å². The van der Waals surface area contributed by atoms with Gasteiger partial charge in [0, 0.05) is 12.1 Å². The highest BCUT2D eigenvalue weighted by atomic mass is 19.4. The summed E-state index contributed by atoms with van der Waals surface area (Å²) in [5.74, 6) is 3.62. The first-order valence-electron chi connectivity index (χ1n) is 5.36. The molecule has 0 aromatic heterocycles. The molecule has 0 radical (unpaired) electrons. The monoisotopic (exact) mass is 284 g/mol. The number of benzene rings is 1. The Kier molecular flexibility index (Phi) is 5.64. The second-order valence-corrected chi connectivity index (χ2v) is 3.98. The van der Waals surface area contributed by atoms with E-state index in [1.165, 1.54) is 0 Å². The number of hydrazine groups is 1. The molecule has 0 aliphatic carbocycles. The SMILES string of the molecule is NNC(COCC(F)(F)F)Cc1cc(F)cc(F)c1. The quantitative estimate of drug-likeness (QED) is 0.476. The first-order valence-corrected chi connectivity index (χ1v) is 5.36. The van der Waals surface area contributed by atoms with Crippen molar-refractivity contribution in [1.82, 2.24) is 5.43 Å². The van der Waals surface area contributed by atoms with E-state index < -0.39 is 30.5 Å². The number of halogens is 5. The van der Waals surface area contributed by atoms with E-state index in [9.17, 15) is 22.0 Å². The third-order valence-electron chi connectivity index (χ3n) is 2.22. The molecule has 0 aliphatic rings. The predicted octanol–water partition coefficient (Wildman–Crippen LogP) is 1.92. The van der Waals surface area contributed by atoms with Crippen LogP contribution in [0.3, 0.4) is 0 Å². The molecule has 1 aromatic rings. The zero-order valence-electron chi connectivity index (χ0n) is 9.81. The molecule has 1 atom stereocenters. The van der Waals surface area contributed by atoms with Crippen molar-refractivity contribution in [2.45, 2.75) is 18.6 Å². The zero-order valence-corrected chi connectivity index (χ0v) is 9.81. The van der Waals surface area contributed by atoms with Gasteiger partial charge in [-0.3, -0.25) is 11.3 Å². The molecule has 0 bridgehead atoms. The summed E-state index contributed by atoms with van der Waals surface area (Å²) in [6, 6.07) is 2.19. The summed E-state index contributed by atoms with van der Waals surface area (Å²) in [4.78, 5) is 0. The fraction of sp³-hybridized carbons (Fsp3) is 0.455. The van der Waals surface area contributed by atoms with Crippen LogP contribution in [0.2, 0.25) is 0 Å². The largest absolute Gasteiger partial charge is 0.411 e. The fourth-order valence-electron chi connectivity index (χ4n) is 1.50. The molecule has 0 amide bonds. The summed E-state index contributed by atoms with van der Waals surface area (Å²) < 4.78 is 65.9. The molecule has 0 fully saturated rings. The summed E-state index contributed by atoms with van der Waals surface area (Å²) in [6.07, 6.45) is -4.38. The first-order chi connectivity index (χ1) is 8.80. The number of hydrogen-bond acceptors (Lipinski definition) is 3. The summed E-state index contributed by atoms with van der Waals surface area (Å²) in [5, 5.41) is 0. The average Bonchev–Trinajstić information content (AvgIpc) is 2.24. The van der Waals surface area contributed by atoms with Crippen LogP contribution in [0.4, 0.5) is 22.0 Å². The Morgan fingerprint density at radius 1 is 1.16 bits per heavy atom. The van der Waals surface area contributed by atoms with Gasteiger partial charge in [-0.1, -0.05) is 0 Å². The minimum atomic E-state index is -4.43. The van der Waals surface area contributed by atoms with Crippen LogP contribution in [0.1, 0.15) is 5.56 Å². The average molecular weight is 284 g/mol. The smallest absolute Gasteiger partial charge is 0.370 e. The molecule has 0 aliphatic heterocycles. The molecule has 1 aromatic carbocycles. The van der Waals surface area contributed by atoms with Gasteiger partial charge in [0.15, 0.2) is 0 Å². The van der Waals surface area contributed by atoms with E-state index >= 15 is 0 Å². The van der Waals surface area contributed by atoms with Crippen molar-refractivity contribution < 1.29 is 26.7 Å². The normalized spacial score (nSPS) is 13.6. The third kappa shape index (κ3) is 6.46. The van der Waals surface area contributed by atoms with E-state index in [-0.39, 0.29) is 18.6 Å². The highest BCUT2D eigenvalue weighted by Crippen LogP contribution is 2.15. The van der Waals surface area contributed by atoms with Crippen molar-refractivity contribution in [2.75, 3.05) is 13.2 Å². The molecular formula is C11H13F5N2O. The Bertz CT molecular complexity index is 390. The molecule has 8 heteroatoms.